The van der Waals surface area contributed by atoms with Gasteiger partial charge >= 0.3 is 0 Å². The van der Waals surface area contributed by atoms with E-state index < -0.39 is 0 Å². The molecular weight excluding hydrogens is 182 g/mol. The lowest BCUT2D eigenvalue weighted by molar-refractivity contribution is 0.610. The summed E-state index contributed by atoms with van der Waals surface area (Å²) in [5.41, 5.74) is 2.82. The van der Waals surface area contributed by atoms with E-state index in [4.69, 9.17) is 0 Å². The third kappa shape index (κ3) is 3.37. The lowest BCUT2D eigenvalue weighted by Gasteiger charge is -2.14. The molecule has 1 heteroatoms. The molecule has 0 aliphatic carbocycles. The van der Waals surface area contributed by atoms with Crippen molar-refractivity contribution in [2.45, 2.75) is 12.8 Å². The Balaban J connectivity index is 1.94. The zero-order chi connectivity index (χ0) is 10.3. The van der Waals surface area contributed by atoms with Gasteiger partial charge in [-0.05, 0) is 31.5 Å². The topological polar surface area (TPSA) is 12.0 Å². The fraction of sp³-hybridized carbons (Fsp3) is 0.286. The predicted octanol–water partition coefficient (Wildman–Crippen LogP) is 3.01. The van der Waals surface area contributed by atoms with Gasteiger partial charge in [0.05, 0.1) is 0 Å². The molecule has 0 bridgehead atoms. The number of allylic oxidation sites excluding steroid dienone is 2. The molecule has 0 amide bonds. The number of nitrogens with one attached hydrogen (secondary N) is 1. The second kappa shape index (κ2) is 5.52. The summed E-state index contributed by atoms with van der Waals surface area (Å²) in [5, 5.41) is 3.36. The van der Waals surface area contributed by atoms with Crippen molar-refractivity contribution in [1.82, 2.24) is 5.32 Å². The van der Waals surface area contributed by atoms with E-state index in [9.17, 15) is 0 Å². The third-order valence-corrected chi connectivity index (χ3v) is 2.67. The van der Waals surface area contributed by atoms with Crippen LogP contribution in [0, 0.1) is 0 Å². The van der Waals surface area contributed by atoms with E-state index in [0.717, 1.165) is 13.1 Å². The van der Waals surface area contributed by atoms with Gasteiger partial charge < -0.3 is 5.32 Å². The van der Waals surface area contributed by atoms with Gasteiger partial charge in [-0.3, -0.25) is 0 Å². The van der Waals surface area contributed by atoms with Gasteiger partial charge in [-0.2, -0.15) is 0 Å². The summed E-state index contributed by atoms with van der Waals surface area (Å²) in [7, 11) is 0. The Labute approximate surface area is 91.5 Å². The molecular formula is C14H17N. The van der Waals surface area contributed by atoms with Crippen LogP contribution in [0.1, 0.15) is 18.4 Å². The Morgan fingerprint density at radius 1 is 1.00 bits per heavy atom. The molecule has 1 nitrogen and oxygen atoms in total. The van der Waals surface area contributed by atoms with Crippen LogP contribution in [0.3, 0.4) is 0 Å². The van der Waals surface area contributed by atoms with Crippen LogP contribution in [0.25, 0.3) is 6.08 Å². The van der Waals surface area contributed by atoms with E-state index in [1.54, 1.807) is 5.57 Å². The largest absolute Gasteiger partial charge is 0.316 e. The smallest absolute Gasteiger partial charge is 0.00114 e. The minimum Gasteiger partial charge on any atom is -0.316 e. The molecule has 1 aliphatic heterocycles. The molecule has 1 N–H and O–H groups in total. The molecule has 1 aliphatic rings. The van der Waals surface area contributed by atoms with Gasteiger partial charge in [0.15, 0.2) is 0 Å². The van der Waals surface area contributed by atoms with Crippen molar-refractivity contribution < 1.29 is 0 Å². The molecule has 15 heavy (non-hydrogen) atoms. The molecule has 1 saturated heterocycles. The molecule has 0 atom stereocenters. The normalized spacial score (nSPS) is 16.9. The van der Waals surface area contributed by atoms with Crippen molar-refractivity contribution in [3.8, 4) is 0 Å². The Morgan fingerprint density at radius 3 is 2.47 bits per heavy atom. The Bertz CT molecular complexity index is 341. The van der Waals surface area contributed by atoms with E-state index >= 15 is 0 Å². The Morgan fingerprint density at radius 2 is 1.73 bits per heavy atom. The maximum absolute atomic E-state index is 3.36. The van der Waals surface area contributed by atoms with E-state index in [1.807, 2.05) is 6.07 Å². The first kappa shape index (κ1) is 10.2. The number of hydrogen-bond donors (Lipinski definition) is 1. The third-order valence-electron chi connectivity index (χ3n) is 2.67. The number of benzene rings is 1. The highest BCUT2D eigenvalue weighted by atomic mass is 14.9. The van der Waals surface area contributed by atoms with Crippen LogP contribution in [0.4, 0.5) is 0 Å². The minimum absolute atomic E-state index is 1.13. The maximum Gasteiger partial charge on any atom is -0.00114 e. The van der Waals surface area contributed by atoms with Crippen LogP contribution in [0.15, 0.2) is 48.1 Å². The second-order valence-electron chi connectivity index (χ2n) is 3.84. The van der Waals surface area contributed by atoms with Gasteiger partial charge in [0, 0.05) is 0 Å². The van der Waals surface area contributed by atoms with Crippen molar-refractivity contribution in [3.05, 3.63) is 53.6 Å². The summed E-state index contributed by atoms with van der Waals surface area (Å²) >= 11 is 0. The SMILES string of the molecule is C(=Cc1ccccc1)C=C1CCNCC1. The molecule has 0 aromatic heterocycles. The Kier molecular flexibility index (Phi) is 3.75. The van der Waals surface area contributed by atoms with Gasteiger partial charge in [0.1, 0.15) is 0 Å². The molecule has 0 saturated carbocycles. The van der Waals surface area contributed by atoms with E-state index in [0.29, 0.717) is 0 Å². The van der Waals surface area contributed by atoms with E-state index in [1.165, 1.54) is 18.4 Å². The molecule has 0 unspecified atom stereocenters. The molecule has 78 valence electrons. The average Bonchev–Trinajstić information content (AvgIpc) is 2.32. The summed E-state index contributed by atoms with van der Waals surface area (Å²) in [6, 6.07) is 10.4. The van der Waals surface area contributed by atoms with Crippen molar-refractivity contribution in [3.63, 3.8) is 0 Å². The quantitative estimate of drug-likeness (QED) is 0.772. The highest BCUT2D eigenvalue weighted by molar-refractivity contribution is 5.50. The van der Waals surface area contributed by atoms with E-state index in [2.05, 4.69) is 47.8 Å². The van der Waals surface area contributed by atoms with Gasteiger partial charge in [-0.15, -0.1) is 0 Å². The molecule has 0 radical (unpaired) electrons. The van der Waals surface area contributed by atoms with Crippen molar-refractivity contribution >= 4 is 6.08 Å². The Hall–Kier alpha value is -1.34. The fourth-order valence-electron chi connectivity index (χ4n) is 1.77. The van der Waals surface area contributed by atoms with Gasteiger partial charge in [-0.1, -0.05) is 54.1 Å². The van der Waals surface area contributed by atoms with Crippen molar-refractivity contribution in [2.24, 2.45) is 0 Å². The summed E-state index contributed by atoms with van der Waals surface area (Å²) in [6.45, 7) is 2.26. The molecule has 0 spiro atoms. The molecule has 1 aromatic rings. The van der Waals surface area contributed by atoms with Crippen LogP contribution in [-0.2, 0) is 0 Å². The first-order valence-electron chi connectivity index (χ1n) is 5.57. The first-order valence-corrected chi connectivity index (χ1v) is 5.57. The second-order valence-corrected chi connectivity index (χ2v) is 3.84. The summed E-state index contributed by atoms with van der Waals surface area (Å²) in [6.07, 6.45) is 8.97. The average molecular weight is 199 g/mol. The molecule has 2 rings (SSSR count). The first-order chi connectivity index (χ1) is 7.45. The van der Waals surface area contributed by atoms with Gasteiger partial charge in [0.2, 0.25) is 0 Å². The molecule has 1 heterocycles. The van der Waals surface area contributed by atoms with Crippen LogP contribution in [0.2, 0.25) is 0 Å². The lowest BCUT2D eigenvalue weighted by atomic mass is 10.1. The lowest BCUT2D eigenvalue weighted by Crippen LogP contribution is -2.22. The van der Waals surface area contributed by atoms with Crippen LogP contribution in [0.5, 0.6) is 0 Å². The van der Waals surface area contributed by atoms with Gasteiger partial charge in [0.25, 0.3) is 0 Å². The maximum atomic E-state index is 3.36. The predicted molar refractivity (Wildman–Crippen MR) is 65.7 cm³/mol. The number of rotatable bonds is 2. The molecule has 1 fully saturated rings. The van der Waals surface area contributed by atoms with Crippen LogP contribution < -0.4 is 5.32 Å². The van der Waals surface area contributed by atoms with E-state index in [-0.39, 0.29) is 0 Å². The van der Waals surface area contributed by atoms with Crippen molar-refractivity contribution in [1.29, 1.82) is 0 Å². The minimum atomic E-state index is 1.13. The fourth-order valence-corrected chi connectivity index (χ4v) is 1.77. The number of hydrogen-bond acceptors (Lipinski definition) is 1. The highest BCUT2D eigenvalue weighted by Crippen LogP contribution is 2.10. The zero-order valence-corrected chi connectivity index (χ0v) is 8.95. The van der Waals surface area contributed by atoms with Crippen molar-refractivity contribution in [2.75, 3.05) is 13.1 Å². The standard InChI is InChI=1S/C14H17N/c1-2-5-13(6-3-1)7-4-8-14-9-11-15-12-10-14/h1-8,15H,9-12H2. The van der Waals surface area contributed by atoms with Gasteiger partial charge in [-0.25, -0.2) is 0 Å². The molecule has 1 aromatic carbocycles. The summed E-state index contributed by atoms with van der Waals surface area (Å²) in [4.78, 5) is 0. The van der Waals surface area contributed by atoms with Crippen LogP contribution >= 0.6 is 0 Å². The summed E-state index contributed by atoms with van der Waals surface area (Å²) in [5.74, 6) is 0. The monoisotopic (exact) mass is 199 g/mol. The summed E-state index contributed by atoms with van der Waals surface area (Å²) < 4.78 is 0. The zero-order valence-electron chi connectivity index (χ0n) is 8.95. The number of piperidine rings is 1. The van der Waals surface area contributed by atoms with Crippen LogP contribution in [-0.4, -0.2) is 13.1 Å². The highest BCUT2D eigenvalue weighted by Gasteiger charge is 2.01.